The van der Waals surface area contributed by atoms with Gasteiger partial charge in [-0.25, -0.2) is 0 Å². The van der Waals surface area contributed by atoms with Gasteiger partial charge in [0.05, 0.1) is 0 Å². The topological polar surface area (TPSA) is 67.5 Å². The van der Waals surface area contributed by atoms with Crippen LogP contribution in [0.1, 0.15) is 10.4 Å². The van der Waals surface area contributed by atoms with Crippen LogP contribution in [0.15, 0.2) is 40.8 Å². The Morgan fingerprint density at radius 1 is 1.33 bits per heavy atom. The van der Waals surface area contributed by atoms with Crippen molar-refractivity contribution in [1.29, 1.82) is 0 Å². The summed E-state index contributed by atoms with van der Waals surface area (Å²) in [7, 11) is 0. The van der Waals surface area contributed by atoms with Gasteiger partial charge in [-0.15, -0.1) is 0 Å². The van der Waals surface area contributed by atoms with Gasteiger partial charge in [-0.1, -0.05) is 0 Å². The summed E-state index contributed by atoms with van der Waals surface area (Å²) in [5, 5.41) is 8.66. The second-order valence-corrected chi connectivity index (χ2v) is 5.51. The number of hydrogen-bond donors (Lipinski definition) is 1. The first-order valence-electron chi connectivity index (χ1n) is 5.19. The predicted molar refractivity (Wildman–Crippen MR) is 67.4 cm³/mol. The number of benzene rings is 1. The van der Waals surface area contributed by atoms with Crippen LogP contribution in [0, 0.1) is 0 Å². The van der Waals surface area contributed by atoms with E-state index in [2.05, 4.69) is 0 Å². The van der Waals surface area contributed by atoms with Crippen molar-refractivity contribution in [3.8, 4) is 11.3 Å². The summed E-state index contributed by atoms with van der Waals surface area (Å²) in [4.78, 5) is 21.5. The molecule has 0 saturated carbocycles. The maximum absolute atomic E-state index is 10.9. The van der Waals surface area contributed by atoms with Gasteiger partial charge < -0.3 is 0 Å². The van der Waals surface area contributed by atoms with Crippen molar-refractivity contribution >= 4 is 31.9 Å². The average Bonchev–Trinajstić information content (AvgIpc) is 2.80. The minimum absolute atomic E-state index is 0.00951. The maximum atomic E-state index is 10.9. The number of aldehydes is 1. The fraction of sp³-hybridized carbons (Fsp3) is 0.0769. The molecule has 0 bridgehead atoms. The van der Waals surface area contributed by atoms with Crippen molar-refractivity contribution in [2.24, 2.45) is 0 Å². The molecule has 0 radical (unpaired) electrons. The fourth-order valence-corrected chi connectivity index (χ4v) is 2.88. The number of carbonyl (C=O) groups excluding carboxylic acids is 1. The molecule has 0 fully saturated rings. The van der Waals surface area contributed by atoms with Gasteiger partial charge in [-0.3, -0.25) is 0 Å². The monoisotopic (exact) mass is 310 g/mol. The normalized spacial score (nSPS) is 10.2. The van der Waals surface area contributed by atoms with E-state index in [4.69, 9.17) is 9.52 Å². The van der Waals surface area contributed by atoms with Crippen LogP contribution in [0.3, 0.4) is 0 Å². The molecule has 0 aliphatic carbocycles. The van der Waals surface area contributed by atoms with Gasteiger partial charge >= 0.3 is 110 Å². The van der Waals surface area contributed by atoms with E-state index in [9.17, 15) is 9.59 Å². The van der Waals surface area contributed by atoms with Crippen LogP contribution in [0.4, 0.5) is 0 Å². The van der Waals surface area contributed by atoms with Gasteiger partial charge in [0.1, 0.15) is 0 Å². The van der Waals surface area contributed by atoms with E-state index in [0.717, 1.165) is 5.56 Å². The molecular formula is C13H10O4Se. The van der Waals surface area contributed by atoms with Gasteiger partial charge in [0, 0.05) is 0 Å². The van der Waals surface area contributed by atoms with Crippen LogP contribution in [-0.2, 0) is 4.79 Å². The zero-order valence-corrected chi connectivity index (χ0v) is 11.0. The standard InChI is InChI=1S/C13H10O4Se/c14-7-10-6-11(9-4-2-1-3-5-9)17-13(10)18-8-12(15)16/h1-7H,8H2,(H,15,16). The van der Waals surface area contributed by atoms with E-state index in [1.165, 1.54) is 0 Å². The third-order valence-corrected chi connectivity index (χ3v) is 4.28. The second kappa shape index (κ2) is 5.67. The molecule has 0 spiro atoms. The second-order valence-electron chi connectivity index (χ2n) is 3.52. The first-order chi connectivity index (χ1) is 8.70. The third-order valence-electron chi connectivity index (χ3n) is 2.24. The van der Waals surface area contributed by atoms with Crippen molar-refractivity contribution in [2.75, 3.05) is 0 Å². The average molecular weight is 309 g/mol. The van der Waals surface area contributed by atoms with Gasteiger partial charge in [0.15, 0.2) is 0 Å². The molecule has 0 saturated heterocycles. The Bertz CT molecular complexity index is 560. The molecule has 1 aromatic carbocycles. The molecule has 0 atom stereocenters. The Labute approximate surface area is 110 Å². The molecule has 1 heterocycles. The Hall–Kier alpha value is -1.84. The van der Waals surface area contributed by atoms with E-state index in [0.29, 0.717) is 22.3 Å². The Kier molecular flexibility index (Phi) is 3.97. The molecule has 92 valence electrons. The first kappa shape index (κ1) is 12.6. The van der Waals surface area contributed by atoms with Crippen LogP contribution in [-0.4, -0.2) is 32.3 Å². The number of carboxylic acid groups (broad SMARTS) is 1. The minimum atomic E-state index is -0.885. The Morgan fingerprint density at radius 3 is 2.67 bits per heavy atom. The molecule has 0 aliphatic rings. The summed E-state index contributed by atoms with van der Waals surface area (Å²) in [5.74, 6) is -0.288. The summed E-state index contributed by atoms with van der Waals surface area (Å²) in [6.45, 7) is 0. The Morgan fingerprint density at radius 2 is 2.06 bits per heavy atom. The number of aliphatic carboxylic acids is 1. The Balaban J connectivity index is 2.29. The number of carbonyl (C=O) groups is 2. The summed E-state index contributed by atoms with van der Waals surface area (Å²) < 4.78 is 6.06. The van der Waals surface area contributed by atoms with Gasteiger partial charge in [-0.2, -0.15) is 0 Å². The third kappa shape index (κ3) is 2.88. The number of furan rings is 1. The molecule has 0 aliphatic heterocycles. The summed E-state index contributed by atoms with van der Waals surface area (Å²) in [5.41, 5.74) is 1.31. The van der Waals surface area contributed by atoms with Crippen LogP contribution < -0.4 is 4.66 Å². The SMILES string of the molecule is O=Cc1cc(-c2ccccc2)oc1[Se]CC(=O)O. The zero-order chi connectivity index (χ0) is 13.0. The molecule has 0 amide bonds. The van der Waals surface area contributed by atoms with Gasteiger partial charge in [0.2, 0.25) is 0 Å². The molecule has 4 nitrogen and oxygen atoms in total. The molecule has 18 heavy (non-hydrogen) atoms. The molecule has 1 N–H and O–H groups in total. The van der Waals surface area contributed by atoms with Gasteiger partial charge in [-0.05, 0) is 0 Å². The van der Waals surface area contributed by atoms with E-state index in [-0.39, 0.29) is 20.3 Å². The molecule has 2 rings (SSSR count). The van der Waals surface area contributed by atoms with E-state index < -0.39 is 5.97 Å². The number of hydrogen-bond acceptors (Lipinski definition) is 3. The molecular weight excluding hydrogens is 299 g/mol. The van der Waals surface area contributed by atoms with Gasteiger partial charge in [0.25, 0.3) is 0 Å². The molecule has 1 aromatic heterocycles. The molecule has 0 unspecified atom stereocenters. The zero-order valence-electron chi connectivity index (χ0n) is 9.33. The number of carboxylic acids is 1. The van der Waals surface area contributed by atoms with Crippen molar-refractivity contribution in [3.05, 3.63) is 42.0 Å². The first-order valence-corrected chi connectivity index (χ1v) is 7.26. The fourth-order valence-electron chi connectivity index (χ4n) is 1.46. The van der Waals surface area contributed by atoms with Crippen LogP contribution >= 0.6 is 0 Å². The van der Waals surface area contributed by atoms with Crippen LogP contribution in [0.2, 0.25) is 5.32 Å². The van der Waals surface area contributed by atoms with Crippen LogP contribution in [0.25, 0.3) is 11.3 Å². The quantitative estimate of drug-likeness (QED) is 0.673. The van der Waals surface area contributed by atoms with Crippen molar-refractivity contribution < 1.29 is 19.1 Å². The summed E-state index contributed by atoms with van der Waals surface area (Å²) in [6, 6.07) is 11.0. The van der Waals surface area contributed by atoms with Crippen LogP contribution in [0.5, 0.6) is 0 Å². The van der Waals surface area contributed by atoms with Crippen molar-refractivity contribution in [1.82, 2.24) is 0 Å². The van der Waals surface area contributed by atoms with E-state index in [1.807, 2.05) is 30.3 Å². The van der Waals surface area contributed by atoms with E-state index >= 15 is 0 Å². The predicted octanol–water partition coefficient (Wildman–Crippen LogP) is 1.59. The molecule has 2 aromatic rings. The number of rotatable bonds is 5. The summed E-state index contributed by atoms with van der Waals surface area (Å²) >= 11 is -0.366. The van der Waals surface area contributed by atoms with Crippen molar-refractivity contribution in [3.63, 3.8) is 0 Å². The summed E-state index contributed by atoms with van der Waals surface area (Å²) in [6.07, 6.45) is 0.703. The molecule has 5 heteroatoms. The van der Waals surface area contributed by atoms with Crippen molar-refractivity contribution in [2.45, 2.75) is 5.32 Å². The van der Waals surface area contributed by atoms with E-state index in [1.54, 1.807) is 6.07 Å².